The van der Waals surface area contributed by atoms with Gasteiger partial charge in [0.25, 0.3) is 0 Å². The van der Waals surface area contributed by atoms with Gasteiger partial charge in [0.05, 0.1) is 6.61 Å². The third-order valence-corrected chi connectivity index (χ3v) is 10.2. The molecule has 0 saturated carbocycles. The summed E-state index contributed by atoms with van der Waals surface area (Å²) in [6.45, 7) is 3.77. The maximum Gasteiger partial charge on any atom is 0.335 e. The Kier molecular flexibility index (Phi) is 33.6. The quantitative estimate of drug-likeness (QED) is 0.0268. The van der Waals surface area contributed by atoms with Crippen molar-refractivity contribution < 1.29 is 53.8 Å². The van der Waals surface area contributed by atoms with Crippen molar-refractivity contribution in [3.63, 3.8) is 0 Å². The molecule has 57 heavy (non-hydrogen) atoms. The van der Waals surface area contributed by atoms with E-state index in [4.69, 9.17) is 18.9 Å². The summed E-state index contributed by atoms with van der Waals surface area (Å²) in [5.41, 5.74) is 0. The molecule has 1 aliphatic heterocycles. The predicted octanol–water partition coefficient (Wildman–Crippen LogP) is 9.59. The molecule has 1 heterocycles. The molecular weight excluding hydrogens is 728 g/mol. The second-order valence-electron chi connectivity index (χ2n) is 15.5. The highest BCUT2D eigenvalue weighted by Crippen LogP contribution is 2.23. The summed E-state index contributed by atoms with van der Waals surface area (Å²) in [5, 5.41) is 39.8. The first-order chi connectivity index (χ1) is 27.7. The number of aliphatic hydroxyl groups excluding tert-OH is 3. The molecule has 0 spiro atoms. The van der Waals surface area contributed by atoms with Gasteiger partial charge in [0.15, 0.2) is 18.5 Å². The molecule has 6 atom stereocenters. The summed E-state index contributed by atoms with van der Waals surface area (Å²) in [5.74, 6) is -2.46. The molecule has 4 N–H and O–H groups in total. The van der Waals surface area contributed by atoms with Gasteiger partial charge in [0.2, 0.25) is 0 Å². The van der Waals surface area contributed by atoms with Gasteiger partial charge in [-0.05, 0) is 51.4 Å². The number of ether oxygens (including phenoxy) is 4. The number of unbranched alkanes of at least 4 members (excludes halogenated alkanes) is 20. The fraction of sp³-hybridized carbons (Fsp3) is 0.804. The zero-order valence-electron chi connectivity index (χ0n) is 35.6. The molecule has 0 radical (unpaired) electrons. The van der Waals surface area contributed by atoms with Gasteiger partial charge >= 0.3 is 17.9 Å². The van der Waals surface area contributed by atoms with Crippen LogP contribution in [0.15, 0.2) is 36.5 Å². The highest BCUT2D eigenvalue weighted by atomic mass is 16.7. The van der Waals surface area contributed by atoms with E-state index in [2.05, 4.69) is 50.3 Å². The SMILES string of the molecule is CCCCC/C=C\C/C=C\C/C=C\CCCCCCCCC(=O)OCC(COC1OC(C(=O)O)C(O)C(O)C1O)OC(=O)CCCCCCCCCCCCCC. The molecule has 6 unspecified atom stereocenters. The molecule has 11 heteroatoms. The van der Waals surface area contributed by atoms with E-state index in [9.17, 15) is 34.8 Å². The van der Waals surface area contributed by atoms with Crippen molar-refractivity contribution in [2.75, 3.05) is 13.2 Å². The number of rotatable bonds is 37. The number of hydrogen-bond acceptors (Lipinski definition) is 10. The smallest absolute Gasteiger partial charge is 0.335 e. The Balaban J connectivity index is 2.36. The third kappa shape index (κ3) is 28.5. The maximum absolute atomic E-state index is 12.7. The first-order valence-corrected chi connectivity index (χ1v) is 22.5. The van der Waals surface area contributed by atoms with Crippen LogP contribution in [-0.4, -0.2) is 88.4 Å². The van der Waals surface area contributed by atoms with Crippen LogP contribution in [0.2, 0.25) is 0 Å². The Labute approximate surface area is 344 Å². The second-order valence-corrected chi connectivity index (χ2v) is 15.5. The third-order valence-electron chi connectivity index (χ3n) is 10.2. The van der Waals surface area contributed by atoms with E-state index in [0.717, 1.165) is 70.6 Å². The molecule has 1 rings (SSSR count). The number of carboxylic acids is 1. The number of aliphatic carboxylic acids is 1. The normalized spacial score (nSPS) is 20.5. The number of aliphatic hydroxyl groups is 3. The number of carbonyl (C=O) groups is 3. The first kappa shape index (κ1) is 52.4. The molecule has 0 aromatic rings. The van der Waals surface area contributed by atoms with E-state index >= 15 is 0 Å². The van der Waals surface area contributed by atoms with Gasteiger partial charge in [0.1, 0.15) is 24.9 Å². The van der Waals surface area contributed by atoms with Gasteiger partial charge in [0, 0.05) is 12.8 Å². The van der Waals surface area contributed by atoms with Gasteiger partial charge in [-0.2, -0.15) is 0 Å². The first-order valence-electron chi connectivity index (χ1n) is 22.5. The summed E-state index contributed by atoms with van der Waals surface area (Å²) in [6, 6.07) is 0. The van der Waals surface area contributed by atoms with Gasteiger partial charge in [-0.25, -0.2) is 4.79 Å². The van der Waals surface area contributed by atoms with E-state index < -0.39 is 61.3 Å². The van der Waals surface area contributed by atoms with Crippen molar-refractivity contribution in [1.82, 2.24) is 0 Å². The van der Waals surface area contributed by atoms with Crippen LogP contribution in [0.25, 0.3) is 0 Å². The average molecular weight is 809 g/mol. The monoisotopic (exact) mass is 809 g/mol. The predicted molar refractivity (Wildman–Crippen MR) is 225 cm³/mol. The lowest BCUT2D eigenvalue weighted by Gasteiger charge is -2.38. The number of esters is 2. The van der Waals surface area contributed by atoms with Crippen molar-refractivity contribution >= 4 is 17.9 Å². The van der Waals surface area contributed by atoms with Crippen molar-refractivity contribution in [2.24, 2.45) is 0 Å². The lowest BCUT2D eigenvalue weighted by Crippen LogP contribution is -2.60. The minimum Gasteiger partial charge on any atom is -0.479 e. The average Bonchev–Trinajstić information content (AvgIpc) is 3.19. The van der Waals surface area contributed by atoms with Gasteiger partial charge in [-0.15, -0.1) is 0 Å². The van der Waals surface area contributed by atoms with E-state index in [1.807, 2.05) is 0 Å². The number of carbonyl (C=O) groups excluding carboxylic acids is 2. The van der Waals surface area contributed by atoms with Gasteiger partial charge in [-0.1, -0.05) is 159 Å². The maximum atomic E-state index is 12.7. The number of allylic oxidation sites excluding steroid dienone is 6. The Morgan fingerprint density at radius 3 is 1.51 bits per heavy atom. The zero-order chi connectivity index (χ0) is 41.8. The van der Waals surface area contributed by atoms with Gasteiger partial charge in [-0.3, -0.25) is 9.59 Å². The lowest BCUT2D eigenvalue weighted by molar-refractivity contribution is -0.298. The highest BCUT2D eigenvalue weighted by molar-refractivity contribution is 5.73. The molecule has 0 aliphatic carbocycles. The van der Waals surface area contributed by atoms with E-state index in [1.54, 1.807) is 0 Å². The van der Waals surface area contributed by atoms with Crippen LogP contribution in [-0.2, 0) is 33.3 Å². The van der Waals surface area contributed by atoms with Crippen LogP contribution in [0.1, 0.15) is 187 Å². The molecule has 1 aliphatic rings. The molecule has 330 valence electrons. The van der Waals surface area contributed by atoms with Crippen LogP contribution in [0.4, 0.5) is 0 Å². The molecule has 11 nitrogen and oxygen atoms in total. The van der Waals surface area contributed by atoms with E-state index in [1.165, 1.54) is 77.0 Å². The van der Waals surface area contributed by atoms with E-state index in [0.29, 0.717) is 12.8 Å². The number of carboxylic acid groups (broad SMARTS) is 1. The Morgan fingerprint density at radius 2 is 0.982 bits per heavy atom. The van der Waals surface area contributed by atoms with Crippen molar-refractivity contribution in [2.45, 2.75) is 224 Å². The van der Waals surface area contributed by atoms with Crippen LogP contribution in [0.5, 0.6) is 0 Å². The Morgan fingerprint density at radius 1 is 0.544 bits per heavy atom. The fourth-order valence-electron chi connectivity index (χ4n) is 6.65. The Bertz CT molecular complexity index is 1090. The molecular formula is C46H80O11. The largest absolute Gasteiger partial charge is 0.479 e. The van der Waals surface area contributed by atoms with Crippen molar-refractivity contribution in [1.29, 1.82) is 0 Å². The molecule has 0 bridgehead atoms. The summed E-state index contributed by atoms with van der Waals surface area (Å²) in [4.78, 5) is 36.8. The van der Waals surface area contributed by atoms with Crippen LogP contribution >= 0.6 is 0 Å². The van der Waals surface area contributed by atoms with Crippen LogP contribution in [0.3, 0.4) is 0 Å². The molecule has 1 saturated heterocycles. The van der Waals surface area contributed by atoms with E-state index in [-0.39, 0.29) is 19.4 Å². The van der Waals surface area contributed by atoms with Crippen LogP contribution in [0, 0.1) is 0 Å². The van der Waals surface area contributed by atoms with Crippen molar-refractivity contribution in [3.8, 4) is 0 Å². The Hall–Kier alpha value is -2.57. The minimum absolute atomic E-state index is 0.182. The number of hydrogen-bond donors (Lipinski definition) is 4. The molecule has 0 aromatic carbocycles. The van der Waals surface area contributed by atoms with Gasteiger partial charge < -0.3 is 39.4 Å². The van der Waals surface area contributed by atoms with Crippen LogP contribution < -0.4 is 0 Å². The molecule has 0 aromatic heterocycles. The summed E-state index contributed by atoms with van der Waals surface area (Å²) in [7, 11) is 0. The molecule has 1 fully saturated rings. The summed E-state index contributed by atoms with van der Waals surface area (Å²) in [6.07, 6.45) is 31.9. The molecule has 0 amide bonds. The summed E-state index contributed by atoms with van der Waals surface area (Å²) < 4.78 is 21.7. The second kappa shape index (κ2) is 36.5. The standard InChI is InChI=1S/C46H80O11/c1-3-5-7-9-11-13-15-17-18-19-20-21-22-23-25-26-28-30-32-34-39(47)54-36-38(37-55-46-43(51)41(49)42(50)44(57-46)45(52)53)56-40(48)35-33-31-29-27-24-16-14-12-10-8-6-4-2/h11,13,17-18,20-21,38,41-44,46,49-51H,3-10,12,14-16,19,22-37H2,1-2H3,(H,52,53)/b13-11-,18-17-,21-20-. The lowest BCUT2D eigenvalue weighted by atomic mass is 9.99. The zero-order valence-corrected chi connectivity index (χ0v) is 35.6. The topological polar surface area (TPSA) is 169 Å². The summed E-state index contributed by atoms with van der Waals surface area (Å²) >= 11 is 0. The highest BCUT2D eigenvalue weighted by Gasteiger charge is 2.47. The van der Waals surface area contributed by atoms with Crippen molar-refractivity contribution in [3.05, 3.63) is 36.5 Å². The minimum atomic E-state index is -1.86. The fourth-order valence-corrected chi connectivity index (χ4v) is 6.65.